The lowest BCUT2D eigenvalue weighted by molar-refractivity contribution is -0.120. The van der Waals surface area contributed by atoms with Gasteiger partial charge in [0.05, 0.1) is 5.92 Å². The molecule has 0 bridgehead atoms. The van der Waals surface area contributed by atoms with Crippen molar-refractivity contribution in [1.29, 1.82) is 0 Å². The van der Waals surface area contributed by atoms with E-state index in [4.69, 9.17) is 5.73 Å². The second-order valence-corrected chi connectivity index (χ2v) is 2.74. The average Bonchev–Trinajstić information content (AvgIpc) is 1.97. The van der Waals surface area contributed by atoms with Crippen molar-refractivity contribution in [3.8, 4) is 0 Å². The highest BCUT2D eigenvalue weighted by atomic mass is 16.1. The molecule has 0 saturated carbocycles. The van der Waals surface area contributed by atoms with E-state index in [-0.39, 0.29) is 11.8 Å². The minimum atomic E-state index is -0.254. The number of hydrogen-bond donors (Lipinski definition) is 1. The summed E-state index contributed by atoms with van der Waals surface area (Å²) in [6.45, 7) is 5.69. The Kier molecular flexibility index (Phi) is 5.53. The molecule has 0 fully saturated rings. The number of amides is 1. The highest BCUT2D eigenvalue weighted by Crippen LogP contribution is 2.09. The Morgan fingerprint density at radius 3 is 2.64 bits per heavy atom. The van der Waals surface area contributed by atoms with Gasteiger partial charge in [0.15, 0.2) is 0 Å². The van der Waals surface area contributed by atoms with Crippen LogP contribution in [0.25, 0.3) is 0 Å². The number of carbonyl (C=O) groups excluding carboxylic acids is 1. The van der Waals surface area contributed by atoms with Gasteiger partial charge >= 0.3 is 0 Å². The summed E-state index contributed by atoms with van der Waals surface area (Å²) in [6.07, 6.45) is 5.89. The summed E-state index contributed by atoms with van der Waals surface area (Å²) in [5.74, 6) is -0.377. The molecule has 0 aromatic rings. The van der Waals surface area contributed by atoms with Crippen LogP contribution in [0.3, 0.4) is 0 Å². The standard InChI is InChI=1S/C9H17NO/c1-3-5-6-7-8(4-2)9(10)11/h4,8H,2-3,5-7H2,1H3,(H2,10,11). The van der Waals surface area contributed by atoms with Crippen LogP contribution in [0.4, 0.5) is 0 Å². The first-order chi connectivity index (χ1) is 5.22. The van der Waals surface area contributed by atoms with Crippen molar-refractivity contribution in [2.75, 3.05) is 0 Å². The zero-order chi connectivity index (χ0) is 8.69. The molecule has 0 heterocycles. The van der Waals surface area contributed by atoms with Gasteiger partial charge in [-0.05, 0) is 6.42 Å². The molecule has 2 heteroatoms. The van der Waals surface area contributed by atoms with Gasteiger partial charge in [-0.1, -0.05) is 32.3 Å². The van der Waals surface area contributed by atoms with Crippen molar-refractivity contribution in [2.45, 2.75) is 32.6 Å². The number of nitrogens with two attached hydrogens (primary N) is 1. The molecule has 0 aliphatic carbocycles. The molecular weight excluding hydrogens is 138 g/mol. The SMILES string of the molecule is C=CC(CCCCC)C(N)=O. The smallest absolute Gasteiger partial charge is 0.224 e. The van der Waals surface area contributed by atoms with E-state index in [1.807, 2.05) is 0 Å². The van der Waals surface area contributed by atoms with Gasteiger partial charge in [-0.15, -0.1) is 6.58 Å². The van der Waals surface area contributed by atoms with Crippen LogP contribution >= 0.6 is 0 Å². The van der Waals surface area contributed by atoms with Crippen LogP contribution in [0.1, 0.15) is 32.6 Å². The summed E-state index contributed by atoms with van der Waals surface area (Å²) in [7, 11) is 0. The summed E-state index contributed by atoms with van der Waals surface area (Å²) in [5.41, 5.74) is 5.12. The zero-order valence-electron chi connectivity index (χ0n) is 7.18. The second kappa shape index (κ2) is 5.96. The van der Waals surface area contributed by atoms with E-state index in [9.17, 15) is 4.79 Å². The summed E-state index contributed by atoms with van der Waals surface area (Å²) in [5, 5.41) is 0. The van der Waals surface area contributed by atoms with Gasteiger partial charge in [-0.2, -0.15) is 0 Å². The van der Waals surface area contributed by atoms with Crippen molar-refractivity contribution in [1.82, 2.24) is 0 Å². The fraction of sp³-hybridized carbons (Fsp3) is 0.667. The van der Waals surface area contributed by atoms with E-state index in [1.54, 1.807) is 6.08 Å². The molecule has 0 spiro atoms. The van der Waals surface area contributed by atoms with Crippen molar-refractivity contribution in [3.63, 3.8) is 0 Å². The minimum absolute atomic E-state index is 0.124. The second-order valence-electron chi connectivity index (χ2n) is 2.74. The van der Waals surface area contributed by atoms with Crippen molar-refractivity contribution in [3.05, 3.63) is 12.7 Å². The Bertz CT molecular complexity index is 132. The molecule has 0 aliphatic rings. The van der Waals surface area contributed by atoms with Crippen molar-refractivity contribution in [2.24, 2.45) is 11.7 Å². The largest absolute Gasteiger partial charge is 0.369 e. The molecule has 1 amide bonds. The number of carbonyl (C=O) groups is 1. The van der Waals surface area contributed by atoms with Crippen LogP contribution in [0.2, 0.25) is 0 Å². The maximum absolute atomic E-state index is 10.7. The Balaban J connectivity index is 3.52. The Hall–Kier alpha value is -0.790. The van der Waals surface area contributed by atoms with Crippen LogP contribution < -0.4 is 5.73 Å². The van der Waals surface area contributed by atoms with E-state index in [0.29, 0.717) is 0 Å². The Labute approximate surface area is 68.5 Å². The van der Waals surface area contributed by atoms with Crippen LogP contribution in [-0.4, -0.2) is 5.91 Å². The molecule has 2 nitrogen and oxygen atoms in total. The molecule has 0 aliphatic heterocycles. The topological polar surface area (TPSA) is 43.1 Å². The lowest BCUT2D eigenvalue weighted by Crippen LogP contribution is -2.21. The normalized spacial score (nSPS) is 12.5. The van der Waals surface area contributed by atoms with Gasteiger partial charge in [-0.3, -0.25) is 4.79 Å². The van der Waals surface area contributed by atoms with E-state index in [0.717, 1.165) is 19.3 Å². The number of rotatable bonds is 6. The van der Waals surface area contributed by atoms with Gasteiger partial charge in [0.1, 0.15) is 0 Å². The first-order valence-corrected chi connectivity index (χ1v) is 4.14. The molecule has 11 heavy (non-hydrogen) atoms. The maximum atomic E-state index is 10.7. The van der Waals surface area contributed by atoms with Crippen LogP contribution in [0.5, 0.6) is 0 Å². The molecule has 2 N–H and O–H groups in total. The maximum Gasteiger partial charge on any atom is 0.224 e. The fourth-order valence-corrected chi connectivity index (χ4v) is 0.991. The predicted molar refractivity (Wildman–Crippen MR) is 47.0 cm³/mol. The monoisotopic (exact) mass is 155 g/mol. The summed E-state index contributed by atoms with van der Waals surface area (Å²) < 4.78 is 0. The van der Waals surface area contributed by atoms with Crippen LogP contribution in [0.15, 0.2) is 12.7 Å². The first-order valence-electron chi connectivity index (χ1n) is 4.14. The van der Waals surface area contributed by atoms with Crippen molar-refractivity contribution >= 4 is 5.91 Å². The molecule has 0 aromatic heterocycles. The summed E-state index contributed by atoms with van der Waals surface area (Å²) in [6, 6.07) is 0. The molecule has 0 rings (SSSR count). The first kappa shape index (κ1) is 10.2. The quantitative estimate of drug-likeness (QED) is 0.461. The third-order valence-electron chi connectivity index (χ3n) is 1.77. The molecule has 0 aromatic carbocycles. The van der Waals surface area contributed by atoms with Gasteiger partial charge in [0, 0.05) is 0 Å². The highest BCUT2D eigenvalue weighted by Gasteiger charge is 2.08. The van der Waals surface area contributed by atoms with Gasteiger partial charge in [0.2, 0.25) is 5.91 Å². The van der Waals surface area contributed by atoms with Crippen molar-refractivity contribution < 1.29 is 4.79 Å². The average molecular weight is 155 g/mol. The predicted octanol–water partition coefficient (Wildman–Crippen LogP) is 1.85. The van der Waals surface area contributed by atoms with Gasteiger partial charge < -0.3 is 5.73 Å². The molecular formula is C9H17NO. The lowest BCUT2D eigenvalue weighted by Gasteiger charge is -2.05. The fourth-order valence-electron chi connectivity index (χ4n) is 0.991. The van der Waals surface area contributed by atoms with E-state index < -0.39 is 0 Å². The molecule has 1 unspecified atom stereocenters. The Morgan fingerprint density at radius 1 is 1.64 bits per heavy atom. The zero-order valence-corrected chi connectivity index (χ0v) is 7.18. The van der Waals surface area contributed by atoms with Crippen LogP contribution in [-0.2, 0) is 4.79 Å². The highest BCUT2D eigenvalue weighted by molar-refractivity contribution is 5.78. The minimum Gasteiger partial charge on any atom is -0.369 e. The summed E-state index contributed by atoms with van der Waals surface area (Å²) in [4.78, 5) is 10.7. The van der Waals surface area contributed by atoms with E-state index >= 15 is 0 Å². The van der Waals surface area contributed by atoms with Gasteiger partial charge in [-0.25, -0.2) is 0 Å². The molecule has 64 valence electrons. The van der Waals surface area contributed by atoms with Gasteiger partial charge in [0.25, 0.3) is 0 Å². The third-order valence-corrected chi connectivity index (χ3v) is 1.77. The van der Waals surface area contributed by atoms with Crippen LogP contribution in [0, 0.1) is 5.92 Å². The molecule has 0 saturated heterocycles. The van der Waals surface area contributed by atoms with E-state index in [2.05, 4.69) is 13.5 Å². The number of primary amides is 1. The number of unbranched alkanes of at least 4 members (excludes halogenated alkanes) is 2. The third kappa shape index (κ3) is 4.59. The Morgan fingerprint density at radius 2 is 2.27 bits per heavy atom. The van der Waals surface area contributed by atoms with E-state index in [1.165, 1.54) is 6.42 Å². The molecule has 1 atom stereocenters. The lowest BCUT2D eigenvalue weighted by atomic mass is 10.0. The summed E-state index contributed by atoms with van der Waals surface area (Å²) >= 11 is 0. The molecule has 0 radical (unpaired) electrons. The number of hydrogen-bond acceptors (Lipinski definition) is 1.